The van der Waals surface area contributed by atoms with Gasteiger partial charge in [-0.1, -0.05) is 6.07 Å². The van der Waals surface area contributed by atoms with Crippen molar-refractivity contribution in [2.75, 3.05) is 5.43 Å². The predicted octanol–water partition coefficient (Wildman–Crippen LogP) is 4.62. The molecule has 0 unspecified atom stereocenters. The van der Waals surface area contributed by atoms with Gasteiger partial charge in [0.05, 0.1) is 23.0 Å². The molecule has 0 radical (unpaired) electrons. The Morgan fingerprint density at radius 3 is 2.76 bits per heavy atom. The van der Waals surface area contributed by atoms with Gasteiger partial charge in [0.1, 0.15) is 0 Å². The Balaban J connectivity index is 1.53. The van der Waals surface area contributed by atoms with E-state index < -0.39 is 17.8 Å². The van der Waals surface area contributed by atoms with Crippen LogP contribution in [-0.2, 0) is 6.18 Å². The highest BCUT2D eigenvalue weighted by atomic mass is 32.1. The Kier molecular flexibility index (Phi) is 4.66. The number of amides is 1. The van der Waals surface area contributed by atoms with Crippen LogP contribution in [0.1, 0.15) is 11.3 Å². The van der Waals surface area contributed by atoms with E-state index in [9.17, 15) is 18.0 Å². The zero-order valence-corrected chi connectivity index (χ0v) is 15.6. The number of nitrogens with zero attached hydrogens (tertiary/aromatic N) is 4. The summed E-state index contributed by atoms with van der Waals surface area (Å²) in [7, 11) is 0. The molecular formula is C18H12F3N5O2S. The second-order valence-electron chi connectivity index (χ2n) is 5.94. The van der Waals surface area contributed by atoms with Crippen LogP contribution in [0, 0.1) is 6.92 Å². The molecule has 0 aliphatic rings. The van der Waals surface area contributed by atoms with Gasteiger partial charge < -0.3 is 4.74 Å². The number of rotatable bonds is 3. The van der Waals surface area contributed by atoms with E-state index in [0.717, 1.165) is 16.8 Å². The van der Waals surface area contributed by atoms with Crippen molar-refractivity contribution in [2.24, 2.45) is 0 Å². The maximum Gasteiger partial charge on any atom is 0.432 e. The van der Waals surface area contributed by atoms with Crippen molar-refractivity contribution in [1.29, 1.82) is 0 Å². The van der Waals surface area contributed by atoms with Crippen molar-refractivity contribution >= 4 is 28.3 Å². The largest absolute Gasteiger partial charge is 0.432 e. The maximum atomic E-state index is 12.9. The summed E-state index contributed by atoms with van der Waals surface area (Å²) in [5.74, 6) is 0.525. The first-order valence-corrected chi connectivity index (χ1v) is 9.10. The number of halogens is 3. The van der Waals surface area contributed by atoms with Crippen LogP contribution in [0.15, 0.2) is 48.2 Å². The van der Waals surface area contributed by atoms with E-state index in [1.165, 1.54) is 29.8 Å². The molecule has 3 aromatic heterocycles. The number of ether oxygens (including phenoxy) is 1. The molecule has 148 valence electrons. The van der Waals surface area contributed by atoms with Gasteiger partial charge in [-0.2, -0.15) is 13.2 Å². The highest BCUT2D eigenvalue weighted by Gasteiger charge is 2.30. The van der Waals surface area contributed by atoms with Crippen LogP contribution in [0.4, 0.5) is 18.0 Å². The number of nitrogens with one attached hydrogen (secondary N) is 1. The lowest BCUT2D eigenvalue weighted by molar-refractivity contribution is -0.137. The van der Waals surface area contributed by atoms with Gasteiger partial charge >= 0.3 is 12.3 Å². The first-order chi connectivity index (χ1) is 13.8. The zero-order chi connectivity index (χ0) is 20.6. The van der Waals surface area contributed by atoms with Crippen molar-refractivity contribution < 1.29 is 22.7 Å². The van der Waals surface area contributed by atoms with Gasteiger partial charge in [0.2, 0.25) is 0 Å². The summed E-state index contributed by atoms with van der Waals surface area (Å²) in [5, 5.41) is 2.95. The summed E-state index contributed by atoms with van der Waals surface area (Å²) in [6.07, 6.45) is -0.983. The molecule has 0 fully saturated rings. The van der Waals surface area contributed by atoms with Crippen LogP contribution in [0.25, 0.3) is 21.7 Å². The number of aromatic nitrogens is 4. The van der Waals surface area contributed by atoms with Gasteiger partial charge in [-0.05, 0) is 25.1 Å². The highest BCUT2D eigenvalue weighted by molar-refractivity contribution is 7.12. The van der Waals surface area contributed by atoms with E-state index in [-0.39, 0.29) is 11.3 Å². The number of aryl methyl sites for hydroxylation is 1. The summed E-state index contributed by atoms with van der Waals surface area (Å²) in [6, 6.07) is 4.84. The molecule has 0 atom stereocenters. The fourth-order valence-electron chi connectivity index (χ4n) is 2.62. The second kappa shape index (κ2) is 7.17. The Morgan fingerprint density at radius 1 is 1.24 bits per heavy atom. The van der Waals surface area contributed by atoms with Crippen LogP contribution in [0.3, 0.4) is 0 Å². The molecule has 0 aliphatic carbocycles. The van der Waals surface area contributed by atoms with Crippen LogP contribution in [-0.4, -0.2) is 25.7 Å². The third-order valence-corrected chi connectivity index (χ3v) is 4.76. The lowest BCUT2D eigenvalue weighted by Gasteiger charge is -2.11. The monoisotopic (exact) mass is 419 g/mol. The number of carbonyl (C=O) groups is 1. The predicted molar refractivity (Wildman–Crippen MR) is 100 cm³/mol. The summed E-state index contributed by atoms with van der Waals surface area (Å²) in [4.78, 5) is 24.7. The van der Waals surface area contributed by atoms with Crippen LogP contribution < -0.4 is 10.2 Å². The Bertz CT molecular complexity index is 1190. The van der Waals surface area contributed by atoms with Crippen LogP contribution >= 0.6 is 11.3 Å². The minimum absolute atomic E-state index is 0.121. The highest BCUT2D eigenvalue weighted by Crippen LogP contribution is 2.31. The Labute approximate surface area is 165 Å². The first-order valence-electron chi connectivity index (χ1n) is 8.22. The zero-order valence-electron chi connectivity index (χ0n) is 14.8. The number of carbonyl (C=O) groups excluding carboxylic acids is 1. The van der Waals surface area contributed by atoms with Gasteiger partial charge in [-0.15, -0.1) is 11.3 Å². The molecule has 0 saturated heterocycles. The van der Waals surface area contributed by atoms with E-state index in [1.54, 1.807) is 24.6 Å². The van der Waals surface area contributed by atoms with E-state index in [4.69, 9.17) is 4.74 Å². The Morgan fingerprint density at radius 2 is 2.07 bits per heavy atom. The van der Waals surface area contributed by atoms with Crippen molar-refractivity contribution in [2.45, 2.75) is 13.1 Å². The molecule has 0 aliphatic heterocycles. The SMILES string of the molecule is Cc1nc(-c2nccs2)ncc1OC(=O)Nn1ccc2ccc(C(F)(F)F)cc21. The number of hydrogen-bond acceptors (Lipinski definition) is 6. The fraction of sp³-hybridized carbons (Fsp3) is 0.111. The van der Waals surface area contributed by atoms with Gasteiger partial charge in [0.25, 0.3) is 0 Å². The number of thiazole rings is 1. The number of fused-ring (bicyclic) bond motifs is 1. The summed E-state index contributed by atoms with van der Waals surface area (Å²) < 4.78 is 45.2. The van der Waals surface area contributed by atoms with Crippen LogP contribution in [0.5, 0.6) is 5.75 Å². The summed E-state index contributed by atoms with van der Waals surface area (Å²) in [6.45, 7) is 1.64. The standard InChI is InChI=1S/C18H12F3N5O2S/c1-10-14(9-23-15(24-10)16-22-5-7-29-16)28-17(27)25-26-6-4-11-2-3-12(8-13(11)26)18(19,20)21/h2-9H,1H3,(H,25,27). The summed E-state index contributed by atoms with van der Waals surface area (Å²) in [5.41, 5.74) is 2.16. The van der Waals surface area contributed by atoms with Gasteiger partial charge in [0, 0.05) is 23.2 Å². The minimum atomic E-state index is -4.49. The molecule has 3 heterocycles. The average Bonchev–Trinajstić information content (AvgIpc) is 3.33. The lowest BCUT2D eigenvalue weighted by Crippen LogP contribution is -2.25. The van der Waals surface area contributed by atoms with Gasteiger partial charge in [0.15, 0.2) is 16.6 Å². The van der Waals surface area contributed by atoms with Gasteiger partial charge in [-0.3, -0.25) is 4.68 Å². The third-order valence-electron chi connectivity index (χ3n) is 3.99. The minimum Gasteiger partial charge on any atom is -0.406 e. The van der Waals surface area contributed by atoms with Crippen LogP contribution in [0.2, 0.25) is 0 Å². The molecule has 7 nitrogen and oxygen atoms in total. The molecule has 0 spiro atoms. The van der Waals surface area contributed by atoms with E-state index in [1.807, 2.05) is 0 Å². The van der Waals surface area contributed by atoms with Crippen molar-refractivity contribution in [1.82, 2.24) is 19.6 Å². The molecule has 4 rings (SSSR count). The smallest absolute Gasteiger partial charge is 0.406 e. The van der Waals surface area contributed by atoms with Crippen molar-refractivity contribution in [3.8, 4) is 16.6 Å². The summed E-state index contributed by atoms with van der Waals surface area (Å²) >= 11 is 1.37. The molecule has 4 aromatic rings. The molecule has 1 aromatic carbocycles. The third kappa shape index (κ3) is 3.90. The van der Waals surface area contributed by atoms with Crippen molar-refractivity contribution in [3.05, 3.63) is 59.5 Å². The van der Waals surface area contributed by atoms with E-state index in [0.29, 0.717) is 21.9 Å². The fourth-order valence-corrected chi connectivity index (χ4v) is 3.19. The maximum absolute atomic E-state index is 12.9. The Hall–Kier alpha value is -3.47. The van der Waals surface area contributed by atoms with E-state index >= 15 is 0 Å². The second-order valence-corrected chi connectivity index (χ2v) is 6.83. The quantitative estimate of drug-likeness (QED) is 0.524. The molecular weight excluding hydrogens is 407 g/mol. The van der Waals surface area contributed by atoms with E-state index in [2.05, 4.69) is 20.4 Å². The molecule has 0 bridgehead atoms. The molecule has 29 heavy (non-hydrogen) atoms. The molecule has 0 saturated carbocycles. The first kappa shape index (κ1) is 18.9. The number of benzene rings is 1. The lowest BCUT2D eigenvalue weighted by atomic mass is 10.1. The molecule has 11 heteroatoms. The van der Waals surface area contributed by atoms with Crippen molar-refractivity contribution in [3.63, 3.8) is 0 Å². The average molecular weight is 419 g/mol. The van der Waals surface area contributed by atoms with Gasteiger partial charge in [-0.25, -0.2) is 25.2 Å². The topological polar surface area (TPSA) is 81.9 Å². The molecule has 1 N–H and O–H groups in total. The number of hydrogen-bond donors (Lipinski definition) is 1. The number of alkyl halides is 3. The normalized spacial score (nSPS) is 11.6. The molecule has 1 amide bonds.